The van der Waals surface area contributed by atoms with E-state index < -0.39 is 47.8 Å². The fourth-order valence-corrected chi connectivity index (χ4v) is 4.98. The summed E-state index contributed by atoms with van der Waals surface area (Å²) in [7, 11) is 1.63. The van der Waals surface area contributed by atoms with Crippen molar-refractivity contribution in [2.45, 2.75) is 65.1 Å². The van der Waals surface area contributed by atoms with Crippen molar-refractivity contribution in [1.82, 2.24) is 36.4 Å². The van der Waals surface area contributed by atoms with Crippen molar-refractivity contribution in [3.05, 3.63) is 42.0 Å². The largest absolute Gasteiger partial charge is 0.445 e. The van der Waals surface area contributed by atoms with E-state index in [4.69, 9.17) is 15.2 Å². The molecule has 0 saturated carbocycles. The molecule has 8 N–H and O–H groups in total. The number of carbonyl (C=O) groups is 8. The minimum atomic E-state index is -0.952. The van der Waals surface area contributed by atoms with Crippen LogP contribution in [0.25, 0.3) is 0 Å². The van der Waals surface area contributed by atoms with Gasteiger partial charge in [0.2, 0.25) is 23.6 Å². The zero-order chi connectivity index (χ0) is 40.8. The molecule has 0 saturated heterocycles. The van der Waals surface area contributed by atoms with E-state index in [2.05, 4.69) is 31.9 Å². The van der Waals surface area contributed by atoms with Gasteiger partial charge in [-0.3, -0.25) is 33.7 Å². The molecular weight excluding hydrogens is 718 g/mol. The molecule has 1 heterocycles. The number of amides is 9. The van der Waals surface area contributed by atoms with Crippen LogP contribution in [0, 0.1) is 5.92 Å². The fraction of sp³-hybridized carbons (Fsp3) is 0.556. The van der Waals surface area contributed by atoms with Crippen LogP contribution in [0.5, 0.6) is 0 Å². The first kappa shape index (κ1) is 45.6. The van der Waals surface area contributed by atoms with Crippen LogP contribution in [-0.4, -0.2) is 129 Å². The number of anilines is 1. The predicted molar refractivity (Wildman–Crippen MR) is 201 cm³/mol. The molecule has 0 unspecified atom stereocenters. The number of nitrogens with one attached hydrogen (secondary N) is 6. The molecule has 0 bridgehead atoms. The van der Waals surface area contributed by atoms with E-state index in [1.165, 1.54) is 4.90 Å². The Morgan fingerprint density at radius 1 is 0.836 bits per heavy atom. The Bertz CT molecular complexity index is 1480. The zero-order valence-electron chi connectivity index (χ0n) is 31.9. The second-order valence-corrected chi connectivity index (χ2v) is 12.9. The average Bonchev–Trinajstić information content (AvgIpc) is 3.47. The van der Waals surface area contributed by atoms with Crippen LogP contribution in [0.15, 0.2) is 36.4 Å². The Kier molecular flexibility index (Phi) is 20.5. The highest BCUT2D eigenvalue weighted by molar-refractivity contribution is 6.13. The van der Waals surface area contributed by atoms with Gasteiger partial charge < -0.3 is 52.0 Å². The molecule has 55 heavy (non-hydrogen) atoms. The molecule has 19 nitrogen and oxygen atoms in total. The molecule has 2 rings (SSSR count). The van der Waals surface area contributed by atoms with Gasteiger partial charge >= 0.3 is 12.1 Å². The smallest absolute Gasteiger partial charge is 0.409 e. The van der Waals surface area contributed by atoms with Crippen molar-refractivity contribution < 1.29 is 47.8 Å². The molecule has 0 spiro atoms. The molecule has 9 amide bonds. The lowest BCUT2D eigenvalue weighted by Gasteiger charge is -2.25. The third-order valence-electron chi connectivity index (χ3n) is 8.24. The first-order chi connectivity index (χ1) is 26.2. The number of benzene rings is 1. The Balaban J connectivity index is 1.76. The molecule has 1 aliphatic heterocycles. The van der Waals surface area contributed by atoms with Crippen LogP contribution >= 0.6 is 0 Å². The molecule has 0 aromatic heterocycles. The van der Waals surface area contributed by atoms with Gasteiger partial charge in [-0.1, -0.05) is 26.0 Å². The lowest BCUT2D eigenvalue weighted by molar-refractivity contribution is -0.137. The molecule has 1 aromatic carbocycles. The summed E-state index contributed by atoms with van der Waals surface area (Å²) < 4.78 is 10.7. The van der Waals surface area contributed by atoms with Crippen LogP contribution in [-0.2, 0) is 44.8 Å². The molecule has 304 valence electrons. The number of primary amides is 1. The molecule has 0 aliphatic carbocycles. The van der Waals surface area contributed by atoms with E-state index in [-0.39, 0.29) is 89.5 Å². The zero-order valence-corrected chi connectivity index (χ0v) is 31.9. The number of nitrogens with zero attached hydrogens (tertiary/aromatic N) is 2. The van der Waals surface area contributed by atoms with Gasteiger partial charge in [-0.05, 0) is 43.4 Å². The van der Waals surface area contributed by atoms with E-state index in [0.29, 0.717) is 18.7 Å². The molecule has 1 aliphatic rings. The van der Waals surface area contributed by atoms with Gasteiger partial charge in [0.25, 0.3) is 11.8 Å². The minimum absolute atomic E-state index is 0.0124. The Morgan fingerprint density at radius 3 is 2.13 bits per heavy atom. The summed E-state index contributed by atoms with van der Waals surface area (Å²) in [5, 5.41) is 16.6. The summed E-state index contributed by atoms with van der Waals surface area (Å²) in [6.45, 7) is 7.22. The first-order valence-corrected chi connectivity index (χ1v) is 18.2. The number of ether oxygens (including phenoxy) is 2. The number of urea groups is 1. The molecule has 19 heteroatoms. The average molecular weight is 774 g/mol. The molecule has 2 atom stereocenters. The topological polar surface area (TPSA) is 260 Å². The van der Waals surface area contributed by atoms with Gasteiger partial charge in [0.15, 0.2) is 0 Å². The summed E-state index contributed by atoms with van der Waals surface area (Å²) in [4.78, 5) is 99.5. The number of hydrogen-bond acceptors (Lipinski definition) is 11. The van der Waals surface area contributed by atoms with E-state index in [1.807, 2.05) is 20.8 Å². The van der Waals surface area contributed by atoms with Crippen LogP contribution in [0.2, 0.25) is 0 Å². The standard InChI is InChI=1S/C36H55N9O10/c1-5-44(4)36(53)55-23-25-8-10-26(11-9-25)42-33(50)27(7-6-16-41-35(37)52)43-34(51)32(24(2)3)40-18-17-38-29(47)15-21-54-22-19-39-28(46)14-20-45-30(48)12-13-31(45)49/h8-13,24,27,32,40H,5-7,14-23H2,1-4H3,(H,38,47)(H,39,46)(H,42,50)(H,43,51)(H3,37,41,52)/t27-,32-/m0/s1. The van der Waals surface area contributed by atoms with E-state index in [0.717, 1.165) is 22.6 Å². The van der Waals surface area contributed by atoms with Crippen molar-refractivity contribution in [3.63, 3.8) is 0 Å². The normalized spacial score (nSPS) is 13.2. The van der Waals surface area contributed by atoms with Crippen LogP contribution in [0.1, 0.15) is 52.0 Å². The number of imide groups is 1. The highest BCUT2D eigenvalue weighted by atomic mass is 16.6. The number of carbonyl (C=O) groups excluding carboxylic acids is 8. The van der Waals surface area contributed by atoms with Gasteiger partial charge in [-0.25, -0.2) is 9.59 Å². The van der Waals surface area contributed by atoms with Crippen molar-refractivity contribution in [3.8, 4) is 0 Å². The summed E-state index contributed by atoms with van der Waals surface area (Å²) in [6, 6.07) is 4.38. The molecule has 0 radical (unpaired) electrons. The maximum absolute atomic E-state index is 13.4. The number of rotatable bonds is 25. The first-order valence-electron chi connectivity index (χ1n) is 18.2. The van der Waals surface area contributed by atoms with Gasteiger partial charge in [0, 0.05) is 77.0 Å². The van der Waals surface area contributed by atoms with Gasteiger partial charge in [-0.15, -0.1) is 0 Å². The van der Waals surface area contributed by atoms with Gasteiger partial charge in [-0.2, -0.15) is 0 Å². The quantitative estimate of drug-likeness (QED) is 0.0502. The van der Waals surface area contributed by atoms with Crippen LogP contribution < -0.4 is 37.6 Å². The van der Waals surface area contributed by atoms with Crippen molar-refractivity contribution in [2.75, 3.05) is 64.8 Å². The van der Waals surface area contributed by atoms with E-state index in [1.54, 1.807) is 31.3 Å². The SMILES string of the molecule is CCN(C)C(=O)OCc1ccc(NC(=O)[C@H](CCCNC(N)=O)NC(=O)[C@@H](NCCNC(=O)CCOCCNC(=O)CCN2C(=O)C=CC2=O)C(C)C)cc1. The Morgan fingerprint density at radius 2 is 1.49 bits per heavy atom. The van der Waals surface area contributed by atoms with Crippen LogP contribution in [0.4, 0.5) is 15.3 Å². The van der Waals surface area contributed by atoms with Gasteiger partial charge in [0.1, 0.15) is 12.6 Å². The Hall–Kier alpha value is -5.56. The summed E-state index contributed by atoms with van der Waals surface area (Å²) in [5.74, 6) is -2.58. The maximum atomic E-state index is 13.4. The van der Waals surface area contributed by atoms with Crippen molar-refractivity contribution in [1.29, 1.82) is 0 Å². The number of nitrogens with two attached hydrogens (primary N) is 1. The maximum Gasteiger partial charge on any atom is 0.409 e. The van der Waals surface area contributed by atoms with Crippen LogP contribution in [0.3, 0.4) is 0 Å². The second kappa shape index (κ2) is 24.7. The lowest BCUT2D eigenvalue weighted by atomic mass is 10.0. The van der Waals surface area contributed by atoms with Crippen molar-refractivity contribution >= 4 is 53.3 Å². The molecule has 1 aromatic rings. The monoisotopic (exact) mass is 773 g/mol. The minimum Gasteiger partial charge on any atom is -0.445 e. The third kappa shape index (κ3) is 17.9. The van der Waals surface area contributed by atoms with E-state index >= 15 is 0 Å². The summed E-state index contributed by atoms with van der Waals surface area (Å²) in [6.07, 6.45) is 2.45. The third-order valence-corrected chi connectivity index (χ3v) is 8.24. The van der Waals surface area contributed by atoms with Crippen molar-refractivity contribution in [2.24, 2.45) is 11.7 Å². The lowest BCUT2D eigenvalue weighted by Crippen LogP contribution is -2.54. The highest BCUT2D eigenvalue weighted by Gasteiger charge is 2.27. The molecule has 0 fully saturated rings. The highest BCUT2D eigenvalue weighted by Crippen LogP contribution is 2.13. The Labute approximate surface area is 320 Å². The summed E-state index contributed by atoms with van der Waals surface area (Å²) >= 11 is 0. The second-order valence-electron chi connectivity index (χ2n) is 12.9. The van der Waals surface area contributed by atoms with E-state index in [9.17, 15) is 38.4 Å². The van der Waals surface area contributed by atoms with Gasteiger partial charge in [0.05, 0.1) is 19.3 Å². The summed E-state index contributed by atoms with van der Waals surface area (Å²) in [5.41, 5.74) is 6.34. The molecular formula is C36H55N9O10. The fourth-order valence-electron chi connectivity index (χ4n) is 4.98. The predicted octanol–water partition coefficient (Wildman–Crippen LogP) is -0.285. The number of hydrogen-bond donors (Lipinski definition) is 7.